The van der Waals surface area contributed by atoms with Gasteiger partial charge >= 0.3 is 0 Å². The van der Waals surface area contributed by atoms with Crippen LogP contribution in [0.25, 0.3) is 0 Å². The number of nitrogens with zero attached hydrogens (tertiary/aromatic N) is 4. The van der Waals surface area contributed by atoms with E-state index in [-0.39, 0.29) is 24.2 Å². The number of rotatable bonds is 4. The number of piperazine rings is 1. The predicted molar refractivity (Wildman–Crippen MR) is 95.7 cm³/mol. The first-order chi connectivity index (χ1) is 12.5. The molecule has 0 saturated carbocycles. The third kappa shape index (κ3) is 3.80. The van der Waals surface area contributed by atoms with Crippen LogP contribution in [0.15, 0.2) is 53.5 Å². The van der Waals surface area contributed by atoms with Gasteiger partial charge < -0.3 is 9.80 Å². The molecular weight excluding hydrogens is 336 g/mol. The fourth-order valence-electron chi connectivity index (χ4n) is 3.17. The highest BCUT2D eigenvalue weighted by molar-refractivity contribution is 5.76. The van der Waals surface area contributed by atoms with E-state index < -0.39 is 10.5 Å². The second kappa shape index (κ2) is 7.49. The summed E-state index contributed by atoms with van der Waals surface area (Å²) in [7, 11) is 2.00. The molecule has 0 spiro atoms. The standard InChI is InChI=1S/C18H20N4O4/c1-19-9-10-21(16(12-19)14-5-3-2-4-6-14)18(24)13-20-11-15(22(25)26)7-8-17(20)23/h2-8,11,16H,9-10,12-13H2,1H3. The summed E-state index contributed by atoms with van der Waals surface area (Å²) in [5.41, 5.74) is 0.378. The number of amides is 1. The number of hydrogen-bond donors (Lipinski definition) is 0. The number of carbonyl (C=O) groups excluding carboxylic acids is 1. The van der Waals surface area contributed by atoms with Crippen LogP contribution in [0.3, 0.4) is 0 Å². The lowest BCUT2D eigenvalue weighted by Crippen LogP contribution is -2.50. The lowest BCUT2D eigenvalue weighted by molar-refractivity contribution is -0.385. The van der Waals surface area contributed by atoms with Crippen molar-refractivity contribution >= 4 is 11.6 Å². The van der Waals surface area contributed by atoms with Gasteiger partial charge in [0, 0.05) is 31.8 Å². The van der Waals surface area contributed by atoms with Crippen LogP contribution in [0, 0.1) is 10.1 Å². The van der Waals surface area contributed by atoms with E-state index in [1.807, 2.05) is 37.4 Å². The summed E-state index contributed by atoms with van der Waals surface area (Å²) in [4.78, 5) is 39.1. The Labute approximate surface area is 150 Å². The Morgan fingerprint density at radius 3 is 2.62 bits per heavy atom. The number of hydrogen-bond acceptors (Lipinski definition) is 5. The van der Waals surface area contributed by atoms with Gasteiger partial charge in [0.15, 0.2) is 0 Å². The van der Waals surface area contributed by atoms with Gasteiger partial charge in [-0.05, 0) is 12.6 Å². The minimum absolute atomic E-state index is 0.114. The molecule has 1 atom stereocenters. The van der Waals surface area contributed by atoms with E-state index in [0.29, 0.717) is 13.1 Å². The highest BCUT2D eigenvalue weighted by Gasteiger charge is 2.30. The van der Waals surface area contributed by atoms with Crippen molar-refractivity contribution < 1.29 is 9.72 Å². The topological polar surface area (TPSA) is 88.7 Å². The first-order valence-corrected chi connectivity index (χ1v) is 8.33. The zero-order valence-electron chi connectivity index (χ0n) is 14.4. The maximum absolute atomic E-state index is 12.9. The van der Waals surface area contributed by atoms with Gasteiger partial charge in [-0.3, -0.25) is 24.3 Å². The maximum Gasteiger partial charge on any atom is 0.285 e. The molecule has 1 aromatic heterocycles. The number of likely N-dealkylation sites (N-methyl/N-ethyl adjacent to an activating group) is 1. The number of carbonyl (C=O) groups is 1. The monoisotopic (exact) mass is 356 g/mol. The Kier molecular flexibility index (Phi) is 5.13. The van der Waals surface area contributed by atoms with Crippen LogP contribution in [-0.2, 0) is 11.3 Å². The highest BCUT2D eigenvalue weighted by Crippen LogP contribution is 2.25. The van der Waals surface area contributed by atoms with E-state index in [9.17, 15) is 19.7 Å². The summed E-state index contributed by atoms with van der Waals surface area (Å²) in [6, 6.07) is 11.9. The van der Waals surface area contributed by atoms with Gasteiger partial charge in [0.2, 0.25) is 5.91 Å². The molecular formula is C18H20N4O4. The second-order valence-corrected chi connectivity index (χ2v) is 6.39. The first kappa shape index (κ1) is 17.8. The molecule has 136 valence electrons. The Hall–Kier alpha value is -3.00. The average Bonchev–Trinajstić information content (AvgIpc) is 2.64. The van der Waals surface area contributed by atoms with Gasteiger partial charge in [0.1, 0.15) is 6.54 Å². The number of benzene rings is 1. The summed E-state index contributed by atoms with van der Waals surface area (Å²) in [6.07, 6.45) is 1.12. The van der Waals surface area contributed by atoms with E-state index in [1.54, 1.807) is 4.90 Å². The van der Waals surface area contributed by atoms with Crippen molar-refractivity contribution in [3.8, 4) is 0 Å². The normalized spacial score (nSPS) is 17.9. The summed E-state index contributed by atoms with van der Waals surface area (Å²) in [5.74, 6) is -0.227. The zero-order valence-corrected chi connectivity index (χ0v) is 14.4. The fraction of sp³-hybridized carbons (Fsp3) is 0.333. The van der Waals surface area contributed by atoms with Crippen LogP contribution in [-0.4, -0.2) is 51.9 Å². The van der Waals surface area contributed by atoms with Crippen molar-refractivity contribution in [3.63, 3.8) is 0 Å². The SMILES string of the molecule is CN1CCN(C(=O)Cn2cc([N+](=O)[O-])ccc2=O)C(c2ccccc2)C1. The molecule has 0 aliphatic carbocycles. The number of nitro groups is 1. The van der Waals surface area contributed by atoms with Gasteiger partial charge in [0.25, 0.3) is 11.2 Å². The average molecular weight is 356 g/mol. The summed E-state index contributed by atoms with van der Waals surface area (Å²) in [5, 5.41) is 10.9. The lowest BCUT2D eigenvalue weighted by Gasteiger charge is -2.40. The number of aromatic nitrogens is 1. The van der Waals surface area contributed by atoms with Gasteiger partial charge in [-0.25, -0.2) is 0 Å². The zero-order chi connectivity index (χ0) is 18.7. The summed E-state index contributed by atoms with van der Waals surface area (Å²) in [6.45, 7) is 1.75. The van der Waals surface area contributed by atoms with E-state index in [0.717, 1.165) is 35.0 Å². The maximum atomic E-state index is 12.9. The summed E-state index contributed by atoms with van der Waals surface area (Å²) >= 11 is 0. The molecule has 8 nitrogen and oxygen atoms in total. The summed E-state index contributed by atoms with van der Waals surface area (Å²) < 4.78 is 1.10. The largest absolute Gasteiger partial charge is 0.332 e. The van der Waals surface area contributed by atoms with Crippen molar-refractivity contribution in [1.82, 2.24) is 14.4 Å². The quantitative estimate of drug-likeness (QED) is 0.608. The Morgan fingerprint density at radius 2 is 1.92 bits per heavy atom. The molecule has 3 rings (SSSR count). The van der Waals surface area contributed by atoms with Gasteiger partial charge in [-0.1, -0.05) is 30.3 Å². The van der Waals surface area contributed by atoms with Crippen LogP contribution >= 0.6 is 0 Å². The third-order valence-electron chi connectivity index (χ3n) is 4.57. The Morgan fingerprint density at radius 1 is 1.19 bits per heavy atom. The molecule has 1 aliphatic heterocycles. The molecule has 1 aliphatic rings. The Bertz CT molecular complexity index is 865. The number of pyridine rings is 1. The van der Waals surface area contributed by atoms with E-state index in [2.05, 4.69) is 4.90 Å². The molecule has 0 bridgehead atoms. The van der Waals surface area contributed by atoms with Gasteiger partial charge in [0.05, 0.1) is 17.2 Å². The molecule has 1 saturated heterocycles. The fourth-order valence-corrected chi connectivity index (χ4v) is 3.17. The predicted octanol–water partition coefficient (Wildman–Crippen LogP) is 1.27. The van der Waals surface area contributed by atoms with E-state index in [4.69, 9.17) is 0 Å². The minimum atomic E-state index is -0.580. The van der Waals surface area contributed by atoms with Crippen LogP contribution < -0.4 is 5.56 Å². The van der Waals surface area contributed by atoms with Gasteiger partial charge in [-0.15, -0.1) is 0 Å². The minimum Gasteiger partial charge on any atom is -0.332 e. The van der Waals surface area contributed by atoms with Crippen molar-refractivity contribution in [1.29, 1.82) is 0 Å². The highest BCUT2D eigenvalue weighted by atomic mass is 16.6. The van der Waals surface area contributed by atoms with Gasteiger partial charge in [-0.2, -0.15) is 0 Å². The molecule has 1 fully saturated rings. The second-order valence-electron chi connectivity index (χ2n) is 6.39. The lowest BCUT2D eigenvalue weighted by atomic mass is 10.0. The van der Waals surface area contributed by atoms with Crippen molar-refractivity contribution in [2.75, 3.05) is 26.7 Å². The van der Waals surface area contributed by atoms with Crippen LogP contribution in [0.1, 0.15) is 11.6 Å². The molecule has 8 heteroatoms. The molecule has 0 radical (unpaired) electrons. The van der Waals surface area contributed by atoms with E-state index in [1.165, 1.54) is 0 Å². The molecule has 1 aromatic carbocycles. The van der Waals surface area contributed by atoms with Crippen LogP contribution in [0.5, 0.6) is 0 Å². The van der Waals surface area contributed by atoms with Crippen molar-refractivity contribution in [2.24, 2.45) is 0 Å². The Balaban J connectivity index is 1.85. The van der Waals surface area contributed by atoms with Crippen LogP contribution in [0.4, 0.5) is 5.69 Å². The first-order valence-electron chi connectivity index (χ1n) is 8.33. The molecule has 0 N–H and O–H groups in total. The van der Waals surface area contributed by atoms with Crippen molar-refractivity contribution in [3.05, 3.63) is 74.7 Å². The third-order valence-corrected chi connectivity index (χ3v) is 4.57. The van der Waals surface area contributed by atoms with Crippen LogP contribution in [0.2, 0.25) is 0 Å². The molecule has 1 unspecified atom stereocenters. The molecule has 26 heavy (non-hydrogen) atoms. The molecule has 1 amide bonds. The van der Waals surface area contributed by atoms with E-state index >= 15 is 0 Å². The molecule has 2 aromatic rings. The molecule has 2 heterocycles. The van der Waals surface area contributed by atoms with Crippen molar-refractivity contribution in [2.45, 2.75) is 12.6 Å². The smallest absolute Gasteiger partial charge is 0.285 e.